The Morgan fingerprint density at radius 1 is 1.09 bits per heavy atom. The van der Waals surface area contributed by atoms with Crippen LogP contribution < -0.4 is 15.4 Å². The van der Waals surface area contributed by atoms with E-state index >= 15 is 0 Å². The number of aryl methyl sites for hydroxylation is 1. The van der Waals surface area contributed by atoms with E-state index in [4.69, 9.17) is 9.57 Å². The first-order valence-electron chi connectivity index (χ1n) is 11.1. The maximum Gasteiger partial charge on any atom is 0.311 e. The minimum atomic E-state index is -0.468. The molecule has 0 bridgehead atoms. The summed E-state index contributed by atoms with van der Waals surface area (Å²) >= 11 is 0. The second-order valence-electron chi connectivity index (χ2n) is 7.22. The molecule has 0 saturated heterocycles. The smallest absolute Gasteiger partial charge is 0.311 e. The Morgan fingerprint density at radius 2 is 1.82 bits per heavy atom. The molecule has 0 aromatic heterocycles. The summed E-state index contributed by atoms with van der Waals surface area (Å²) in [6, 6.07) is 14.4. The molecule has 3 rings (SSSR count). The molecule has 1 N–H and O–H groups in total. The van der Waals surface area contributed by atoms with Gasteiger partial charge in [0.2, 0.25) is 6.41 Å². The second-order valence-corrected chi connectivity index (χ2v) is 7.22. The van der Waals surface area contributed by atoms with Crippen molar-refractivity contribution in [2.75, 3.05) is 28.6 Å². The molecule has 0 saturated carbocycles. The zero-order valence-electron chi connectivity index (χ0n) is 19.5. The van der Waals surface area contributed by atoms with Gasteiger partial charge in [0.1, 0.15) is 0 Å². The van der Waals surface area contributed by atoms with Gasteiger partial charge < -0.3 is 10.1 Å². The van der Waals surface area contributed by atoms with Crippen molar-refractivity contribution >= 4 is 41.1 Å². The highest BCUT2D eigenvalue weighted by Gasteiger charge is 2.32. The Bertz CT molecular complexity index is 1090. The molecule has 0 spiro atoms. The number of hydroxylamine groups is 1. The zero-order chi connectivity index (χ0) is 24.5. The van der Waals surface area contributed by atoms with Crippen molar-refractivity contribution in [2.45, 2.75) is 33.6 Å². The van der Waals surface area contributed by atoms with E-state index in [1.165, 1.54) is 5.01 Å². The molecule has 0 unspecified atom stereocenters. The van der Waals surface area contributed by atoms with Gasteiger partial charge in [0.05, 0.1) is 42.3 Å². The Hall–Kier alpha value is -3.98. The molecule has 9 heteroatoms. The number of esters is 1. The Morgan fingerprint density at radius 3 is 2.47 bits per heavy atom. The van der Waals surface area contributed by atoms with Gasteiger partial charge in [0.15, 0.2) is 0 Å². The highest BCUT2D eigenvalue weighted by Crippen LogP contribution is 2.27. The van der Waals surface area contributed by atoms with E-state index < -0.39 is 5.97 Å². The second kappa shape index (κ2) is 11.8. The van der Waals surface area contributed by atoms with Gasteiger partial charge in [-0.15, -0.1) is 0 Å². The number of hydrazone groups is 1. The summed E-state index contributed by atoms with van der Waals surface area (Å²) in [5.41, 5.74) is 3.53. The lowest BCUT2D eigenvalue weighted by atomic mass is 10.1. The van der Waals surface area contributed by atoms with Crippen molar-refractivity contribution in [1.82, 2.24) is 0 Å². The molecule has 0 radical (unpaired) electrons. The molecule has 1 heterocycles. The van der Waals surface area contributed by atoms with Gasteiger partial charge >= 0.3 is 5.97 Å². The van der Waals surface area contributed by atoms with Crippen LogP contribution in [0.3, 0.4) is 0 Å². The first-order valence-corrected chi connectivity index (χ1v) is 11.1. The largest absolute Gasteiger partial charge is 0.466 e. The molecule has 0 aliphatic carbocycles. The lowest BCUT2D eigenvalue weighted by Gasteiger charge is -2.17. The van der Waals surface area contributed by atoms with Gasteiger partial charge in [-0.05, 0) is 56.2 Å². The maximum absolute atomic E-state index is 13.3. The van der Waals surface area contributed by atoms with Crippen LogP contribution in [-0.2, 0) is 30.4 Å². The third kappa shape index (κ3) is 5.68. The van der Waals surface area contributed by atoms with Crippen LogP contribution in [0.2, 0.25) is 0 Å². The minimum absolute atomic E-state index is 0.139. The number of rotatable bonds is 11. The van der Waals surface area contributed by atoms with Crippen LogP contribution in [0.25, 0.3) is 0 Å². The molecule has 2 aromatic rings. The predicted molar refractivity (Wildman–Crippen MR) is 130 cm³/mol. The van der Waals surface area contributed by atoms with Crippen molar-refractivity contribution in [2.24, 2.45) is 5.10 Å². The monoisotopic (exact) mass is 464 g/mol. The molecule has 2 amide bonds. The maximum atomic E-state index is 13.3. The van der Waals surface area contributed by atoms with E-state index in [-0.39, 0.29) is 24.5 Å². The van der Waals surface area contributed by atoms with Gasteiger partial charge in [-0.25, -0.2) is 0 Å². The average molecular weight is 465 g/mol. The molecular weight excluding hydrogens is 436 g/mol. The number of nitrogens with zero attached hydrogens (tertiary/aromatic N) is 3. The molecule has 1 aliphatic heterocycles. The van der Waals surface area contributed by atoms with Crippen LogP contribution in [0.1, 0.15) is 32.8 Å². The third-order valence-electron chi connectivity index (χ3n) is 5.05. The number of anilines is 3. The van der Waals surface area contributed by atoms with Crippen LogP contribution in [0.5, 0.6) is 0 Å². The van der Waals surface area contributed by atoms with Crippen LogP contribution >= 0.6 is 0 Å². The normalized spacial score (nSPS) is 14.2. The Kier molecular flexibility index (Phi) is 8.53. The summed E-state index contributed by atoms with van der Waals surface area (Å²) in [6.45, 7) is 6.10. The van der Waals surface area contributed by atoms with Crippen molar-refractivity contribution in [3.63, 3.8) is 0 Å². The van der Waals surface area contributed by atoms with Crippen molar-refractivity contribution in [1.29, 1.82) is 0 Å². The molecule has 0 fully saturated rings. The number of amides is 2. The van der Waals surface area contributed by atoms with Crippen LogP contribution in [0.15, 0.2) is 65.4 Å². The zero-order valence-corrected chi connectivity index (χ0v) is 19.5. The molecule has 0 atom stereocenters. The average Bonchev–Trinajstić information content (AvgIpc) is 3.16. The van der Waals surface area contributed by atoms with Gasteiger partial charge in [-0.1, -0.05) is 25.1 Å². The van der Waals surface area contributed by atoms with E-state index in [1.807, 2.05) is 31.2 Å². The van der Waals surface area contributed by atoms with E-state index in [2.05, 4.69) is 10.4 Å². The van der Waals surface area contributed by atoms with Crippen LogP contribution in [0.4, 0.5) is 17.1 Å². The summed E-state index contributed by atoms with van der Waals surface area (Å²) < 4.78 is 5.06. The SMILES string of the molecule is CCOC(=O)CC1=NN(c2ccc(N(C=O)OCC)cc2)C(=O)C1=CNc1ccccc1CC. The van der Waals surface area contributed by atoms with Crippen molar-refractivity contribution < 1.29 is 24.0 Å². The number of hydrogen-bond donors (Lipinski definition) is 1. The molecular formula is C25H28N4O5. The predicted octanol–water partition coefficient (Wildman–Crippen LogP) is 3.82. The summed E-state index contributed by atoms with van der Waals surface area (Å²) in [5, 5.41) is 9.92. The molecule has 9 nitrogen and oxygen atoms in total. The molecule has 1 aliphatic rings. The number of benzene rings is 2. The van der Waals surface area contributed by atoms with E-state index in [1.54, 1.807) is 44.3 Å². The van der Waals surface area contributed by atoms with Crippen molar-refractivity contribution in [3.8, 4) is 0 Å². The quantitative estimate of drug-likeness (QED) is 0.235. The number of carbonyl (C=O) groups is 3. The fourth-order valence-corrected chi connectivity index (χ4v) is 3.42. The number of carbonyl (C=O) groups excluding carboxylic acids is 3. The standard InChI is InChI=1S/C25H28N4O5/c1-4-18-9-7-8-10-22(18)26-16-21-23(15-24(31)33-5-2)27-29(25(21)32)20-13-11-19(12-14-20)28(17-30)34-6-3/h7-14,16-17,26H,4-6,15H2,1-3H3. The number of ether oxygens (including phenoxy) is 1. The van der Waals surface area contributed by atoms with Crippen LogP contribution in [0, 0.1) is 0 Å². The fourth-order valence-electron chi connectivity index (χ4n) is 3.42. The van der Waals surface area contributed by atoms with Gasteiger partial charge in [-0.3, -0.25) is 19.2 Å². The Labute approximate surface area is 198 Å². The third-order valence-corrected chi connectivity index (χ3v) is 5.05. The summed E-state index contributed by atoms with van der Waals surface area (Å²) in [4.78, 5) is 41.9. The molecule has 34 heavy (non-hydrogen) atoms. The first-order chi connectivity index (χ1) is 16.5. The first kappa shape index (κ1) is 24.7. The fraction of sp³-hybridized carbons (Fsp3) is 0.280. The van der Waals surface area contributed by atoms with Crippen LogP contribution in [-0.4, -0.2) is 37.2 Å². The summed E-state index contributed by atoms with van der Waals surface area (Å²) in [7, 11) is 0. The molecule has 178 valence electrons. The number of para-hydroxylation sites is 1. The Balaban J connectivity index is 1.90. The lowest BCUT2D eigenvalue weighted by molar-refractivity contribution is -0.141. The summed E-state index contributed by atoms with van der Waals surface area (Å²) in [6.07, 6.45) is 2.82. The lowest BCUT2D eigenvalue weighted by Crippen LogP contribution is -2.23. The van der Waals surface area contributed by atoms with E-state index in [0.717, 1.165) is 22.7 Å². The number of nitrogens with one attached hydrogen (secondary N) is 1. The van der Waals surface area contributed by atoms with E-state index in [9.17, 15) is 14.4 Å². The topological polar surface area (TPSA) is 101 Å². The molecule has 2 aromatic carbocycles. The number of hydrogen-bond acceptors (Lipinski definition) is 7. The highest BCUT2D eigenvalue weighted by atomic mass is 16.7. The van der Waals surface area contributed by atoms with Gasteiger partial charge in [0.25, 0.3) is 5.91 Å². The highest BCUT2D eigenvalue weighted by molar-refractivity contribution is 6.32. The van der Waals surface area contributed by atoms with E-state index in [0.29, 0.717) is 30.1 Å². The summed E-state index contributed by atoms with van der Waals surface area (Å²) in [5.74, 6) is -0.852. The van der Waals surface area contributed by atoms with Gasteiger partial charge in [0, 0.05) is 11.9 Å². The van der Waals surface area contributed by atoms with Gasteiger partial charge in [-0.2, -0.15) is 15.2 Å². The van der Waals surface area contributed by atoms with Crippen molar-refractivity contribution in [3.05, 3.63) is 65.9 Å². The minimum Gasteiger partial charge on any atom is -0.466 e.